The number of esters is 3. The van der Waals surface area contributed by atoms with Crippen molar-refractivity contribution in [1.82, 2.24) is 0 Å². The molecule has 0 saturated carbocycles. The molecule has 0 radical (unpaired) electrons. The van der Waals surface area contributed by atoms with Crippen molar-refractivity contribution in [1.29, 1.82) is 0 Å². The Labute approximate surface area is 511 Å². The molecule has 0 fully saturated rings. The van der Waals surface area contributed by atoms with Crippen molar-refractivity contribution in [2.45, 2.75) is 284 Å². The lowest BCUT2D eigenvalue weighted by Gasteiger charge is -2.18. The van der Waals surface area contributed by atoms with Gasteiger partial charge in [0.1, 0.15) is 13.2 Å². The normalized spacial score (nSPS) is 13.2. The second-order valence-electron chi connectivity index (χ2n) is 21.6. The molecule has 6 nitrogen and oxygen atoms in total. The molecule has 1 unspecified atom stereocenters. The van der Waals surface area contributed by atoms with Gasteiger partial charge in [-0.1, -0.05) is 294 Å². The Kier molecular flexibility index (Phi) is 64.9. The van der Waals surface area contributed by atoms with E-state index in [1.807, 2.05) is 0 Å². The van der Waals surface area contributed by atoms with Crippen LogP contribution in [0.2, 0.25) is 0 Å². The SMILES string of the molecule is CC/C=C\C/C=C\C/C=C\C/C=C\C/C=C\C/C=C\C/C=C\C/C=C\CCCCC(=O)OC(COC(=O)CCCCCCCCCCC)COC(=O)CCCCCCCCCCCC/C=C\C/C=C\C/C=C\C/C=C\C/C=C\C/C=C\CC. The molecule has 0 aromatic carbocycles. The quantitative estimate of drug-likeness (QED) is 0.0261. The van der Waals surface area contributed by atoms with Gasteiger partial charge in [0.25, 0.3) is 0 Å². The Morgan fingerprint density at radius 1 is 0.253 bits per heavy atom. The number of hydrogen-bond donors (Lipinski definition) is 0. The highest BCUT2D eigenvalue weighted by Gasteiger charge is 2.19. The van der Waals surface area contributed by atoms with Gasteiger partial charge in [0, 0.05) is 19.3 Å². The van der Waals surface area contributed by atoms with Gasteiger partial charge in [0.2, 0.25) is 0 Å². The van der Waals surface area contributed by atoms with E-state index in [1.54, 1.807) is 0 Å². The van der Waals surface area contributed by atoms with Gasteiger partial charge in [-0.15, -0.1) is 0 Å². The molecule has 0 aromatic rings. The van der Waals surface area contributed by atoms with Crippen molar-refractivity contribution in [3.63, 3.8) is 0 Å². The summed E-state index contributed by atoms with van der Waals surface area (Å²) < 4.78 is 16.9. The van der Waals surface area contributed by atoms with Gasteiger partial charge < -0.3 is 14.2 Å². The molecular weight excluding hydrogens is 1020 g/mol. The molecule has 0 saturated heterocycles. The zero-order valence-electron chi connectivity index (χ0n) is 53.4. The first kappa shape index (κ1) is 77.8. The summed E-state index contributed by atoms with van der Waals surface area (Å²) >= 11 is 0. The van der Waals surface area contributed by atoms with E-state index in [0.29, 0.717) is 19.3 Å². The number of allylic oxidation sites excluding steroid dienone is 28. The third-order valence-corrected chi connectivity index (χ3v) is 13.7. The van der Waals surface area contributed by atoms with E-state index < -0.39 is 6.10 Å². The summed E-state index contributed by atoms with van der Waals surface area (Å²) in [6, 6.07) is 0. The molecule has 0 aliphatic rings. The Morgan fingerprint density at radius 2 is 0.470 bits per heavy atom. The minimum Gasteiger partial charge on any atom is -0.462 e. The molecule has 0 amide bonds. The minimum absolute atomic E-state index is 0.102. The van der Waals surface area contributed by atoms with E-state index in [1.165, 1.54) is 83.5 Å². The van der Waals surface area contributed by atoms with E-state index in [0.717, 1.165) is 148 Å². The summed E-state index contributed by atoms with van der Waals surface area (Å²) in [5.41, 5.74) is 0. The van der Waals surface area contributed by atoms with Crippen molar-refractivity contribution < 1.29 is 28.6 Å². The van der Waals surface area contributed by atoms with Crippen molar-refractivity contribution in [3.05, 3.63) is 170 Å². The van der Waals surface area contributed by atoms with Crippen molar-refractivity contribution >= 4 is 17.9 Å². The molecule has 0 aliphatic carbocycles. The number of rotatable bonds is 59. The van der Waals surface area contributed by atoms with Crippen LogP contribution in [0.15, 0.2) is 170 Å². The number of ether oxygens (including phenoxy) is 3. The van der Waals surface area contributed by atoms with Crippen LogP contribution in [-0.4, -0.2) is 37.2 Å². The molecule has 466 valence electrons. The maximum Gasteiger partial charge on any atom is 0.306 e. The molecule has 0 N–H and O–H groups in total. The average molecular weight is 1140 g/mol. The molecule has 0 rings (SSSR count). The van der Waals surface area contributed by atoms with Crippen LogP contribution in [0.25, 0.3) is 0 Å². The van der Waals surface area contributed by atoms with Crippen LogP contribution in [0.3, 0.4) is 0 Å². The van der Waals surface area contributed by atoms with Gasteiger partial charge in [0.15, 0.2) is 6.10 Å². The number of carbonyl (C=O) groups excluding carboxylic acids is 3. The topological polar surface area (TPSA) is 78.9 Å². The highest BCUT2D eigenvalue weighted by atomic mass is 16.6. The van der Waals surface area contributed by atoms with Crippen molar-refractivity contribution in [2.75, 3.05) is 13.2 Å². The summed E-state index contributed by atoms with van der Waals surface area (Å²) in [5.74, 6) is -0.956. The van der Waals surface area contributed by atoms with E-state index in [9.17, 15) is 14.4 Å². The van der Waals surface area contributed by atoms with Crippen LogP contribution < -0.4 is 0 Å². The van der Waals surface area contributed by atoms with Gasteiger partial charge in [0.05, 0.1) is 0 Å². The maximum atomic E-state index is 12.9. The third-order valence-electron chi connectivity index (χ3n) is 13.7. The zero-order valence-corrected chi connectivity index (χ0v) is 53.4. The fourth-order valence-corrected chi connectivity index (χ4v) is 8.76. The fourth-order valence-electron chi connectivity index (χ4n) is 8.76. The Morgan fingerprint density at radius 3 is 0.759 bits per heavy atom. The first-order valence-electron chi connectivity index (χ1n) is 33.6. The summed E-state index contributed by atoms with van der Waals surface area (Å²) in [4.78, 5) is 38.2. The fraction of sp³-hybridized carbons (Fsp3) is 0.597. The molecule has 0 spiro atoms. The maximum absolute atomic E-state index is 12.9. The molecule has 0 heterocycles. The smallest absolute Gasteiger partial charge is 0.306 e. The number of unbranched alkanes of at least 4 members (excludes halogenated alkanes) is 20. The standard InChI is InChI=1S/C77H122O6/c1-4-7-10-13-16-19-21-23-25-27-29-31-33-35-37-38-40-41-43-45-47-49-51-53-55-58-61-64-67-70-76(79)82-73-74(72-81-75(78)69-66-63-60-57-18-15-12-9-6-3)83-77(80)71-68-65-62-59-56-54-52-50-48-46-44-42-39-36-34-32-30-28-26-24-22-20-17-14-11-8-5-2/h7-8,10-11,16-17,19-20,23-26,29-32,35-37,39-41,44,46,50,52,56,59,74H,4-6,9,12-15,18,21-22,27-28,33-34,38,42-43,45,47-49,51,53-55,57-58,60-73H2,1-3H3/b10-7-,11-8-,19-16-,20-17-,25-23-,26-24-,31-29-,32-30-,37-35-,39-36-,41-40-,46-44-,52-50-,59-56-. The lowest BCUT2D eigenvalue weighted by atomic mass is 10.1. The summed E-state index contributed by atoms with van der Waals surface area (Å²) in [6.07, 6.45) is 102. The second-order valence-corrected chi connectivity index (χ2v) is 21.6. The van der Waals surface area contributed by atoms with Crippen molar-refractivity contribution in [3.8, 4) is 0 Å². The molecule has 0 aliphatic heterocycles. The molecule has 6 heteroatoms. The third kappa shape index (κ3) is 67.4. The minimum atomic E-state index is -0.810. The Hall–Kier alpha value is -5.23. The predicted octanol–water partition coefficient (Wildman–Crippen LogP) is 23.4. The van der Waals surface area contributed by atoms with Gasteiger partial charge in [-0.05, 0) is 135 Å². The van der Waals surface area contributed by atoms with Crippen LogP contribution in [0, 0.1) is 0 Å². The van der Waals surface area contributed by atoms with Crippen LogP contribution >= 0.6 is 0 Å². The predicted molar refractivity (Wildman–Crippen MR) is 361 cm³/mol. The number of hydrogen-bond acceptors (Lipinski definition) is 6. The Bertz CT molecular complexity index is 1890. The average Bonchev–Trinajstić information content (AvgIpc) is 3.49. The summed E-state index contributed by atoms with van der Waals surface area (Å²) in [7, 11) is 0. The van der Waals surface area contributed by atoms with E-state index in [4.69, 9.17) is 14.2 Å². The molecule has 83 heavy (non-hydrogen) atoms. The van der Waals surface area contributed by atoms with E-state index in [-0.39, 0.29) is 37.5 Å². The van der Waals surface area contributed by atoms with Crippen LogP contribution in [0.1, 0.15) is 278 Å². The zero-order chi connectivity index (χ0) is 59.9. The largest absolute Gasteiger partial charge is 0.462 e. The summed E-state index contributed by atoms with van der Waals surface area (Å²) in [5, 5.41) is 0. The second kappa shape index (κ2) is 69.3. The lowest BCUT2D eigenvalue weighted by Crippen LogP contribution is -2.30. The van der Waals surface area contributed by atoms with Crippen molar-refractivity contribution in [2.24, 2.45) is 0 Å². The highest BCUT2D eigenvalue weighted by Crippen LogP contribution is 2.15. The van der Waals surface area contributed by atoms with Gasteiger partial charge in [-0.3, -0.25) is 14.4 Å². The molecule has 0 aromatic heterocycles. The van der Waals surface area contributed by atoms with Crippen LogP contribution in [0.4, 0.5) is 0 Å². The molecular formula is C77H122O6. The van der Waals surface area contributed by atoms with Gasteiger partial charge >= 0.3 is 17.9 Å². The monoisotopic (exact) mass is 1140 g/mol. The summed E-state index contributed by atoms with van der Waals surface area (Å²) in [6.45, 7) is 6.35. The Balaban J connectivity index is 4.33. The number of carbonyl (C=O) groups is 3. The first-order chi connectivity index (χ1) is 41.0. The van der Waals surface area contributed by atoms with E-state index >= 15 is 0 Å². The van der Waals surface area contributed by atoms with Gasteiger partial charge in [-0.25, -0.2) is 0 Å². The van der Waals surface area contributed by atoms with Crippen LogP contribution in [-0.2, 0) is 28.6 Å². The van der Waals surface area contributed by atoms with Gasteiger partial charge in [-0.2, -0.15) is 0 Å². The molecule has 0 bridgehead atoms. The van der Waals surface area contributed by atoms with E-state index in [2.05, 4.69) is 191 Å². The highest BCUT2D eigenvalue weighted by molar-refractivity contribution is 5.71. The first-order valence-corrected chi connectivity index (χ1v) is 33.6. The lowest BCUT2D eigenvalue weighted by molar-refractivity contribution is -0.167. The van der Waals surface area contributed by atoms with Crippen LogP contribution in [0.5, 0.6) is 0 Å². The molecule has 1 atom stereocenters.